The number of fused-ring (bicyclic) bond motifs is 1. The number of phenolic OH excluding ortho intramolecular Hbond substituents is 1. The van der Waals surface area contributed by atoms with Crippen LogP contribution in [0.3, 0.4) is 0 Å². The first kappa shape index (κ1) is 13.7. The first-order chi connectivity index (χ1) is 10.2. The van der Waals surface area contributed by atoms with E-state index >= 15 is 0 Å². The number of aromatic nitrogens is 1. The zero-order chi connectivity index (χ0) is 14.8. The number of hydrogen-bond acceptors (Lipinski definition) is 5. The summed E-state index contributed by atoms with van der Waals surface area (Å²) in [5.41, 5.74) is 0. The van der Waals surface area contributed by atoms with E-state index in [0.717, 1.165) is 42.5 Å². The lowest BCUT2D eigenvalue weighted by atomic mass is 9.96. The lowest BCUT2D eigenvalue weighted by Gasteiger charge is -2.32. The lowest BCUT2D eigenvalue weighted by Crippen LogP contribution is -2.37. The summed E-state index contributed by atoms with van der Waals surface area (Å²) in [6.07, 6.45) is 3.31. The molecule has 1 saturated heterocycles. The van der Waals surface area contributed by atoms with Crippen molar-refractivity contribution in [2.75, 3.05) is 25.1 Å². The highest BCUT2D eigenvalue weighted by Crippen LogP contribution is 2.30. The monoisotopic (exact) mass is 286 g/mol. The average Bonchev–Trinajstić information content (AvgIpc) is 2.53. The second kappa shape index (κ2) is 5.60. The summed E-state index contributed by atoms with van der Waals surface area (Å²) in [4.78, 5) is 18.2. The van der Waals surface area contributed by atoms with Crippen LogP contribution in [0, 0.1) is 5.92 Å². The molecular formula is C16H18N2O3. The van der Waals surface area contributed by atoms with Crippen LogP contribution in [-0.2, 0) is 9.53 Å². The summed E-state index contributed by atoms with van der Waals surface area (Å²) in [5, 5.41) is 11.7. The summed E-state index contributed by atoms with van der Waals surface area (Å²) < 4.78 is 4.81. The summed E-state index contributed by atoms with van der Waals surface area (Å²) >= 11 is 0. The van der Waals surface area contributed by atoms with Gasteiger partial charge < -0.3 is 14.7 Å². The number of piperidine rings is 1. The van der Waals surface area contributed by atoms with Gasteiger partial charge in [-0.3, -0.25) is 4.79 Å². The molecule has 21 heavy (non-hydrogen) atoms. The van der Waals surface area contributed by atoms with Gasteiger partial charge in [0.25, 0.3) is 0 Å². The van der Waals surface area contributed by atoms with Crippen LogP contribution >= 0.6 is 0 Å². The molecule has 1 aliphatic heterocycles. The third kappa shape index (κ3) is 2.63. The number of hydrogen-bond donors (Lipinski definition) is 1. The highest BCUT2D eigenvalue weighted by molar-refractivity contribution is 5.93. The molecule has 0 spiro atoms. The van der Waals surface area contributed by atoms with Crippen LogP contribution in [0.5, 0.6) is 5.75 Å². The van der Waals surface area contributed by atoms with E-state index in [1.807, 2.05) is 12.1 Å². The quantitative estimate of drug-likeness (QED) is 0.858. The zero-order valence-electron chi connectivity index (χ0n) is 12.0. The van der Waals surface area contributed by atoms with Gasteiger partial charge in [0.15, 0.2) is 0 Å². The molecule has 0 atom stereocenters. The highest BCUT2D eigenvalue weighted by atomic mass is 16.5. The number of benzene rings is 1. The molecule has 3 rings (SSSR count). The Morgan fingerprint density at radius 3 is 2.81 bits per heavy atom. The van der Waals surface area contributed by atoms with Gasteiger partial charge in [0.05, 0.1) is 13.0 Å². The van der Waals surface area contributed by atoms with Crippen molar-refractivity contribution in [3.05, 3.63) is 30.5 Å². The SMILES string of the molecule is COC(=O)C1CCN(c2nccc3ccc(O)cc23)CC1. The molecule has 1 aromatic heterocycles. The Bertz CT molecular complexity index is 664. The van der Waals surface area contributed by atoms with Crippen molar-refractivity contribution < 1.29 is 14.6 Å². The van der Waals surface area contributed by atoms with Gasteiger partial charge in [-0.25, -0.2) is 4.98 Å². The Balaban J connectivity index is 1.85. The Hall–Kier alpha value is -2.30. The van der Waals surface area contributed by atoms with E-state index in [4.69, 9.17) is 4.74 Å². The van der Waals surface area contributed by atoms with Crippen LogP contribution in [0.2, 0.25) is 0 Å². The number of pyridine rings is 1. The number of nitrogens with zero attached hydrogens (tertiary/aromatic N) is 2. The molecule has 0 saturated carbocycles. The molecule has 0 amide bonds. The molecule has 2 aromatic rings. The third-order valence-electron chi connectivity index (χ3n) is 4.06. The maximum Gasteiger partial charge on any atom is 0.308 e. The van der Waals surface area contributed by atoms with Crippen LogP contribution in [0.1, 0.15) is 12.8 Å². The van der Waals surface area contributed by atoms with Crippen molar-refractivity contribution >= 4 is 22.6 Å². The molecule has 0 unspecified atom stereocenters. The normalized spacial score (nSPS) is 16.1. The van der Waals surface area contributed by atoms with E-state index in [0.29, 0.717) is 0 Å². The highest BCUT2D eigenvalue weighted by Gasteiger charge is 2.26. The Morgan fingerprint density at radius 2 is 2.10 bits per heavy atom. The molecule has 5 nitrogen and oxygen atoms in total. The predicted molar refractivity (Wildman–Crippen MR) is 80.4 cm³/mol. The van der Waals surface area contributed by atoms with E-state index in [1.165, 1.54) is 7.11 Å². The molecule has 1 aliphatic rings. The average molecular weight is 286 g/mol. The van der Waals surface area contributed by atoms with E-state index in [9.17, 15) is 9.90 Å². The maximum absolute atomic E-state index is 11.6. The van der Waals surface area contributed by atoms with Gasteiger partial charge in [-0.2, -0.15) is 0 Å². The van der Waals surface area contributed by atoms with Gasteiger partial charge in [0.1, 0.15) is 11.6 Å². The molecule has 1 N–H and O–H groups in total. The fourth-order valence-corrected chi connectivity index (χ4v) is 2.89. The summed E-state index contributed by atoms with van der Waals surface area (Å²) in [5.74, 6) is 0.959. The molecule has 0 bridgehead atoms. The number of anilines is 1. The van der Waals surface area contributed by atoms with Gasteiger partial charge in [-0.15, -0.1) is 0 Å². The maximum atomic E-state index is 11.6. The van der Waals surface area contributed by atoms with Crippen molar-refractivity contribution in [1.29, 1.82) is 0 Å². The number of rotatable bonds is 2. The van der Waals surface area contributed by atoms with E-state index in [2.05, 4.69) is 9.88 Å². The summed E-state index contributed by atoms with van der Waals surface area (Å²) in [6, 6.07) is 7.23. The fraction of sp³-hybridized carbons (Fsp3) is 0.375. The first-order valence-corrected chi connectivity index (χ1v) is 7.09. The number of esters is 1. The number of carbonyl (C=O) groups is 1. The summed E-state index contributed by atoms with van der Waals surface area (Å²) in [6.45, 7) is 1.53. The van der Waals surface area contributed by atoms with Crippen LogP contribution < -0.4 is 4.90 Å². The van der Waals surface area contributed by atoms with Crippen LogP contribution in [0.15, 0.2) is 30.5 Å². The van der Waals surface area contributed by atoms with Crippen molar-refractivity contribution in [2.45, 2.75) is 12.8 Å². The minimum atomic E-state index is -0.127. The zero-order valence-corrected chi connectivity index (χ0v) is 12.0. The van der Waals surface area contributed by atoms with Gasteiger partial charge in [-0.05, 0) is 36.4 Å². The second-order valence-electron chi connectivity index (χ2n) is 5.32. The van der Waals surface area contributed by atoms with Gasteiger partial charge in [0.2, 0.25) is 0 Å². The largest absolute Gasteiger partial charge is 0.508 e. The van der Waals surface area contributed by atoms with Crippen LogP contribution in [0.25, 0.3) is 10.8 Å². The minimum absolute atomic E-state index is 0.0189. The standard InChI is InChI=1S/C16H18N2O3/c1-21-16(20)12-5-8-18(9-6-12)15-14-10-13(19)3-2-11(14)4-7-17-15/h2-4,7,10,12,19H,5-6,8-9H2,1H3. The van der Waals surface area contributed by atoms with Crippen molar-refractivity contribution in [2.24, 2.45) is 5.92 Å². The van der Waals surface area contributed by atoms with Gasteiger partial charge in [-0.1, -0.05) is 6.07 Å². The molecule has 0 radical (unpaired) electrons. The topological polar surface area (TPSA) is 62.7 Å². The Labute approximate surface area is 123 Å². The smallest absolute Gasteiger partial charge is 0.308 e. The lowest BCUT2D eigenvalue weighted by molar-refractivity contribution is -0.146. The van der Waals surface area contributed by atoms with Crippen LogP contribution in [0.4, 0.5) is 5.82 Å². The van der Waals surface area contributed by atoms with Gasteiger partial charge in [0, 0.05) is 24.7 Å². The predicted octanol–water partition coefficient (Wildman–Crippen LogP) is 2.33. The Kier molecular flexibility index (Phi) is 3.64. The van der Waals surface area contributed by atoms with Crippen LogP contribution in [-0.4, -0.2) is 36.3 Å². The first-order valence-electron chi connectivity index (χ1n) is 7.09. The minimum Gasteiger partial charge on any atom is -0.508 e. The van der Waals surface area contributed by atoms with E-state index in [1.54, 1.807) is 18.3 Å². The molecule has 110 valence electrons. The van der Waals surface area contributed by atoms with E-state index in [-0.39, 0.29) is 17.6 Å². The van der Waals surface area contributed by atoms with Crippen molar-refractivity contribution in [1.82, 2.24) is 4.98 Å². The molecular weight excluding hydrogens is 268 g/mol. The number of ether oxygens (including phenoxy) is 1. The Morgan fingerprint density at radius 1 is 1.33 bits per heavy atom. The molecule has 5 heteroatoms. The fourth-order valence-electron chi connectivity index (χ4n) is 2.89. The van der Waals surface area contributed by atoms with E-state index < -0.39 is 0 Å². The third-order valence-corrected chi connectivity index (χ3v) is 4.06. The van der Waals surface area contributed by atoms with Crippen molar-refractivity contribution in [3.63, 3.8) is 0 Å². The number of phenols is 1. The molecule has 1 fully saturated rings. The van der Waals surface area contributed by atoms with Gasteiger partial charge >= 0.3 is 5.97 Å². The number of aromatic hydroxyl groups is 1. The number of methoxy groups -OCH3 is 1. The molecule has 2 heterocycles. The molecule has 0 aliphatic carbocycles. The second-order valence-corrected chi connectivity index (χ2v) is 5.32. The van der Waals surface area contributed by atoms with Crippen molar-refractivity contribution in [3.8, 4) is 5.75 Å². The number of carbonyl (C=O) groups excluding carboxylic acids is 1. The summed E-state index contributed by atoms with van der Waals surface area (Å²) in [7, 11) is 1.43. The molecule has 1 aromatic carbocycles.